The molecule has 3 amide bonds. The summed E-state index contributed by atoms with van der Waals surface area (Å²) in [4.78, 5) is 51.7. The van der Waals surface area contributed by atoms with Gasteiger partial charge in [-0.05, 0) is 53.1 Å². The highest BCUT2D eigenvalue weighted by Gasteiger charge is 2.37. The quantitative estimate of drug-likeness (QED) is 0.600. The number of amides is 3. The van der Waals surface area contributed by atoms with Crippen LogP contribution in [-0.2, 0) is 27.3 Å². The van der Waals surface area contributed by atoms with Gasteiger partial charge in [-0.1, -0.05) is 30.3 Å². The lowest BCUT2D eigenvalue weighted by Gasteiger charge is -2.29. The van der Waals surface area contributed by atoms with E-state index in [0.717, 1.165) is 28.6 Å². The van der Waals surface area contributed by atoms with Crippen LogP contribution in [0.1, 0.15) is 16.7 Å². The summed E-state index contributed by atoms with van der Waals surface area (Å²) in [5, 5.41) is 8.27. The van der Waals surface area contributed by atoms with Gasteiger partial charge in [-0.15, -0.1) is 0 Å². The highest BCUT2D eigenvalue weighted by molar-refractivity contribution is 8.18. The molecule has 1 N–H and O–H groups in total. The number of hydrogen-bond donors (Lipinski definition) is 1. The number of methoxy groups -OCH3 is 1. The Kier molecular flexibility index (Phi) is 6.87. The highest BCUT2D eigenvalue weighted by Crippen LogP contribution is 2.34. The van der Waals surface area contributed by atoms with Crippen molar-refractivity contribution < 1.29 is 33.8 Å². The van der Waals surface area contributed by atoms with E-state index >= 15 is 0 Å². The first-order valence-electron chi connectivity index (χ1n) is 10.5. The zero-order chi connectivity index (χ0) is 24.2. The molecular weight excluding hydrogens is 460 g/mol. The molecule has 0 aromatic heterocycles. The number of imide groups is 1. The zero-order valence-electron chi connectivity index (χ0n) is 18.4. The molecular formula is C24H22N2O7S. The van der Waals surface area contributed by atoms with Gasteiger partial charge in [-0.3, -0.25) is 19.3 Å². The fourth-order valence-corrected chi connectivity index (χ4v) is 4.60. The normalized spacial score (nSPS) is 16.6. The van der Waals surface area contributed by atoms with Crippen molar-refractivity contribution >= 4 is 40.9 Å². The van der Waals surface area contributed by atoms with Crippen molar-refractivity contribution in [2.45, 2.75) is 13.0 Å². The van der Waals surface area contributed by atoms with E-state index < -0.39 is 23.7 Å². The molecule has 0 spiro atoms. The van der Waals surface area contributed by atoms with Gasteiger partial charge in [0.2, 0.25) is 5.91 Å². The van der Waals surface area contributed by atoms with Gasteiger partial charge in [0.1, 0.15) is 6.54 Å². The number of aliphatic carboxylic acids is 1. The lowest BCUT2D eigenvalue weighted by atomic mass is 10.00. The lowest BCUT2D eigenvalue weighted by Crippen LogP contribution is -2.44. The maximum Gasteiger partial charge on any atom is 0.341 e. The number of carbonyl (C=O) groups excluding carboxylic acids is 3. The predicted octanol–water partition coefficient (Wildman–Crippen LogP) is 2.78. The number of fused-ring (bicyclic) bond motifs is 1. The highest BCUT2D eigenvalue weighted by atomic mass is 32.2. The monoisotopic (exact) mass is 482 g/mol. The van der Waals surface area contributed by atoms with E-state index in [9.17, 15) is 19.2 Å². The molecule has 1 saturated heterocycles. The van der Waals surface area contributed by atoms with Crippen molar-refractivity contribution in [1.82, 2.24) is 9.80 Å². The topological polar surface area (TPSA) is 113 Å². The van der Waals surface area contributed by atoms with Crippen molar-refractivity contribution in [3.63, 3.8) is 0 Å². The molecule has 0 aliphatic carbocycles. The Bertz CT molecular complexity index is 1190. The maximum absolute atomic E-state index is 12.9. The number of benzene rings is 2. The van der Waals surface area contributed by atoms with Gasteiger partial charge in [-0.25, -0.2) is 4.79 Å². The summed E-state index contributed by atoms with van der Waals surface area (Å²) < 4.78 is 10.4. The Labute approximate surface area is 199 Å². The first kappa shape index (κ1) is 23.4. The van der Waals surface area contributed by atoms with E-state index in [2.05, 4.69) is 0 Å². The number of thioether (sulfide) groups is 1. The fraction of sp³-hybridized carbons (Fsp3) is 0.250. The third kappa shape index (κ3) is 5.07. The molecule has 4 rings (SSSR count). The van der Waals surface area contributed by atoms with Gasteiger partial charge in [-0.2, -0.15) is 0 Å². The summed E-state index contributed by atoms with van der Waals surface area (Å²) in [5.41, 5.74) is 2.83. The summed E-state index contributed by atoms with van der Waals surface area (Å²) >= 11 is 0.764. The molecule has 2 aliphatic rings. The number of hydrogen-bond acceptors (Lipinski definition) is 7. The Morgan fingerprint density at radius 3 is 2.62 bits per heavy atom. The summed E-state index contributed by atoms with van der Waals surface area (Å²) in [6.45, 7) is 0.163. The van der Waals surface area contributed by atoms with E-state index in [-0.39, 0.29) is 28.9 Å². The second-order valence-corrected chi connectivity index (χ2v) is 8.69. The van der Waals surface area contributed by atoms with Gasteiger partial charge in [0.05, 0.1) is 12.0 Å². The lowest BCUT2D eigenvalue weighted by molar-refractivity contribution is -0.139. The average molecular weight is 483 g/mol. The Morgan fingerprint density at radius 1 is 1.12 bits per heavy atom. The van der Waals surface area contributed by atoms with Gasteiger partial charge in [0.15, 0.2) is 18.1 Å². The van der Waals surface area contributed by atoms with Crippen molar-refractivity contribution in [2.75, 3.05) is 26.8 Å². The molecule has 176 valence electrons. The summed E-state index contributed by atoms with van der Waals surface area (Å²) in [6, 6.07) is 12.6. The van der Waals surface area contributed by atoms with E-state index in [4.69, 9.17) is 14.6 Å². The van der Waals surface area contributed by atoms with Crippen LogP contribution in [0.25, 0.3) is 6.08 Å². The van der Waals surface area contributed by atoms with Crippen LogP contribution in [0.3, 0.4) is 0 Å². The van der Waals surface area contributed by atoms with Crippen LogP contribution in [0.15, 0.2) is 47.4 Å². The van der Waals surface area contributed by atoms with Crippen LogP contribution in [0, 0.1) is 0 Å². The van der Waals surface area contributed by atoms with Crippen molar-refractivity contribution in [1.29, 1.82) is 0 Å². The molecule has 2 aromatic rings. The molecule has 0 saturated carbocycles. The SMILES string of the molecule is COc1cc(/C=C2/SC(=O)N(CC(=O)N3CCc4ccccc4C3)C2=O)ccc1OCC(=O)O. The van der Waals surface area contributed by atoms with Crippen LogP contribution in [0.5, 0.6) is 11.5 Å². The van der Waals surface area contributed by atoms with E-state index in [0.29, 0.717) is 18.7 Å². The summed E-state index contributed by atoms with van der Waals surface area (Å²) in [6.07, 6.45) is 2.26. The second-order valence-electron chi connectivity index (χ2n) is 7.69. The molecule has 1 fully saturated rings. The van der Waals surface area contributed by atoms with Crippen LogP contribution in [-0.4, -0.2) is 64.7 Å². The third-order valence-corrected chi connectivity index (χ3v) is 6.39. The third-order valence-electron chi connectivity index (χ3n) is 5.49. The van der Waals surface area contributed by atoms with Crippen LogP contribution in [0.2, 0.25) is 0 Å². The predicted molar refractivity (Wildman–Crippen MR) is 124 cm³/mol. The number of nitrogens with zero attached hydrogens (tertiary/aromatic N) is 2. The van der Waals surface area contributed by atoms with Crippen LogP contribution < -0.4 is 9.47 Å². The number of rotatable bonds is 7. The molecule has 0 atom stereocenters. The van der Waals surface area contributed by atoms with Gasteiger partial charge < -0.3 is 19.5 Å². The molecule has 34 heavy (non-hydrogen) atoms. The molecule has 0 bridgehead atoms. The Morgan fingerprint density at radius 2 is 1.88 bits per heavy atom. The molecule has 2 heterocycles. The fourth-order valence-electron chi connectivity index (χ4n) is 3.76. The second kappa shape index (κ2) is 10.0. The minimum Gasteiger partial charge on any atom is -0.493 e. The molecule has 0 unspecified atom stereocenters. The summed E-state index contributed by atoms with van der Waals surface area (Å²) in [5.74, 6) is -1.41. The zero-order valence-corrected chi connectivity index (χ0v) is 19.2. The number of ether oxygens (including phenoxy) is 2. The smallest absolute Gasteiger partial charge is 0.341 e. The van der Waals surface area contributed by atoms with Crippen molar-refractivity contribution in [3.05, 3.63) is 64.1 Å². The van der Waals surface area contributed by atoms with Crippen LogP contribution >= 0.6 is 11.8 Å². The van der Waals surface area contributed by atoms with E-state index in [1.165, 1.54) is 24.8 Å². The summed E-state index contributed by atoms with van der Waals surface area (Å²) in [7, 11) is 1.41. The molecule has 2 aliphatic heterocycles. The largest absolute Gasteiger partial charge is 0.493 e. The minimum absolute atomic E-state index is 0.183. The average Bonchev–Trinajstić information content (AvgIpc) is 3.09. The van der Waals surface area contributed by atoms with Gasteiger partial charge in [0.25, 0.3) is 11.1 Å². The molecule has 9 nitrogen and oxygen atoms in total. The van der Waals surface area contributed by atoms with Gasteiger partial charge >= 0.3 is 5.97 Å². The van der Waals surface area contributed by atoms with E-state index in [1.807, 2.05) is 24.3 Å². The first-order chi connectivity index (χ1) is 16.4. The number of carboxylic acids is 1. The van der Waals surface area contributed by atoms with E-state index in [1.54, 1.807) is 17.0 Å². The van der Waals surface area contributed by atoms with Gasteiger partial charge in [0, 0.05) is 13.1 Å². The number of carboxylic acid groups (broad SMARTS) is 1. The molecule has 10 heteroatoms. The van der Waals surface area contributed by atoms with Crippen molar-refractivity contribution in [2.24, 2.45) is 0 Å². The Hall–Kier alpha value is -3.79. The first-order valence-corrected chi connectivity index (χ1v) is 11.3. The maximum atomic E-state index is 12.9. The minimum atomic E-state index is -1.12. The number of carbonyl (C=O) groups is 4. The van der Waals surface area contributed by atoms with Crippen LogP contribution in [0.4, 0.5) is 4.79 Å². The molecule has 2 aromatic carbocycles. The Balaban J connectivity index is 1.44. The standard InChI is InChI=1S/C24H22N2O7S/c1-32-19-10-15(6-7-18(19)33-14-22(28)29)11-20-23(30)26(24(31)34-20)13-21(27)25-9-8-16-4-2-3-5-17(16)12-25/h2-7,10-11H,8-9,12-14H2,1H3,(H,28,29)/b20-11+. The van der Waals surface area contributed by atoms with Crippen molar-refractivity contribution in [3.8, 4) is 11.5 Å². The molecule has 0 radical (unpaired) electrons.